The molecule has 6 nitrogen and oxygen atoms in total. The maximum Gasteiger partial charge on any atom is 0.317 e. The Kier molecular flexibility index (Phi) is 6.49. The van der Waals surface area contributed by atoms with Crippen LogP contribution >= 0.6 is 0 Å². The monoisotopic (exact) mass is 279 g/mol. The number of aliphatic carboxylic acids is 1. The molecule has 110 valence electrons. The number of aromatic nitrogens is 1. The van der Waals surface area contributed by atoms with E-state index in [0.29, 0.717) is 25.9 Å². The van der Waals surface area contributed by atoms with Crippen LogP contribution in [0.3, 0.4) is 0 Å². The summed E-state index contributed by atoms with van der Waals surface area (Å²) in [5.41, 5.74) is 0.963. The summed E-state index contributed by atoms with van der Waals surface area (Å²) in [6.07, 6.45) is 4.62. The van der Waals surface area contributed by atoms with Crippen molar-refractivity contribution in [1.82, 2.24) is 15.2 Å². The minimum Gasteiger partial charge on any atom is -0.481 e. The second-order valence-electron chi connectivity index (χ2n) is 4.83. The zero-order valence-corrected chi connectivity index (χ0v) is 11.9. The molecule has 0 saturated carbocycles. The van der Waals surface area contributed by atoms with Crippen molar-refractivity contribution < 1.29 is 14.7 Å². The first-order chi connectivity index (χ1) is 9.50. The molecule has 1 aromatic rings. The number of pyridine rings is 1. The Morgan fingerprint density at radius 1 is 1.50 bits per heavy atom. The fraction of sp³-hybridized carbons (Fsp3) is 0.500. The fourth-order valence-corrected chi connectivity index (χ4v) is 1.70. The maximum atomic E-state index is 11.8. The van der Waals surface area contributed by atoms with Crippen molar-refractivity contribution in [2.45, 2.75) is 26.3 Å². The van der Waals surface area contributed by atoms with Crippen molar-refractivity contribution in [1.29, 1.82) is 0 Å². The highest BCUT2D eigenvalue weighted by atomic mass is 16.4. The lowest BCUT2D eigenvalue weighted by molar-refractivity contribution is -0.141. The lowest BCUT2D eigenvalue weighted by Crippen LogP contribution is -2.37. The molecule has 2 amide bonds. The molecule has 0 aliphatic rings. The van der Waals surface area contributed by atoms with Crippen molar-refractivity contribution in [3.05, 3.63) is 30.1 Å². The molecule has 0 aliphatic carbocycles. The third kappa shape index (κ3) is 5.69. The predicted octanol–water partition coefficient (Wildman–Crippen LogP) is 1.72. The molecule has 1 heterocycles. The molecule has 0 fully saturated rings. The van der Waals surface area contributed by atoms with E-state index in [1.165, 1.54) is 0 Å². The fourth-order valence-electron chi connectivity index (χ4n) is 1.70. The van der Waals surface area contributed by atoms with Gasteiger partial charge in [0.2, 0.25) is 0 Å². The van der Waals surface area contributed by atoms with Crippen LogP contribution in [0.15, 0.2) is 24.5 Å². The normalized spacial score (nSPS) is 11.7. The van der Waals surface area contributed by atoms with E-state index in [2.05, 4.69) is 10.3 Å². The van der Waals surface area contributed by atoms with Gasteiger partial charge < -0.3 is 15.3 Å². The number of hydrogen-bond donors (Lipinski definition) is 2. The van der Waals surface area contributed by atoms with E-state index in [-0.39, 0.29) is 11.9 Å². The van der Waals surface area contributed by atoms with E-state index in [1.807, 2.05) is 12.1 Å². The number of carbonyl (C=O) groups excluding carboxylic acids is 1. The summed E-state index contributed by atoms with van der Waals surface area (Å²) < 4.78 is 0. The third-order valence-corrected chi connectivity index (χ3v) is 3.00. The highest BCUT2D eigenvalue weighted by Crippen LogP contribution is 2.05. The molecule has 0 aromatic carbocycles. The third-order valence-electron chi connectivity index (χ3n) is 3.00. The second-order valence-corrected chi connectivity index (χ2v) is 4.83. The molecular formula is C14H21N3O3. The summed E-state index contributed by atoms with van der Waals surface area (Å²) in [6.45, 7) is 2.64. The summed E-state index contributed by atoms with van der Waals surface area (Å²) in [6, 6.07) is 3.57. The van der Waals surface area contributed by atoms with E-state index in [9.17, 15) is 9.59 Å². The van der Waals surface area contributed by atoms with Gasteiger partial charge >= 0.3 is 12.0 Å². The van der Waals surface area contributed by atoms with Crippen molar-refractivity contribution >= 4 is 12.0 Å². The molecule has 6 heteroatoms. The molecule has 0 aliphatic heterocycles. The van der Waals surface area contributed by atoms with Crippen molar-refractivity contribution in [2.75, 3.05) is 13.6 Å². The van der Waals surface area contributed by atoms with Gasteiger partial charge in [-0.15, -0.1) is 0 Å². The Balaban J connectivity index is 2.24. The van der Waals surface area contributed by atoms with Gasteiger partial charge in [0.25, 0.3) is 0 Å². The average molecular weight is 279 g/mol. The van der Waals surface area contributed by atoms with Crippen LogP contribution in [0, 0.1) is 5.92 Å². The van der Waals surface area contributed by atoms with Gasteiger partial charge in [-0.1, -0.05) is 13.0 Å². The first kappa shape index (κ1) is 15.9. The molecule has 1 atom stereocenters. The van der Waals surface area contributed by atoms with Crippen LogP contribution in [0.2, 0.25) is 0 Å². The lowest BCUT2D eigenvalue weighted by Gasteiger charge is -2.18. The highest BCUT2D eigenvalue weighted by molar-refractivity contribution is 5.73. The molecule has 1 aromatic heterocycles. The summed E-state index contributed by atoms with van der Waals surface area (Å²) >= 11 is 0. The van der Waals surface area contributed by atoms with Crippen LogP contribution in [0.25, 0.3) is 0 Å². The molecule has 0 saturated heterocycles. The summed E-state index contributed by atoms with van der Waals surface area (Å²) in [5, 5.41) is 11.5. The molecule has 2 N–H and O–H groups in total. The van der Waals surface area contributed by atoms with Crippen molar-refractivity contribution in [2.24, 2.45) is 5.92 Å². The van der Waals surface area contributed by atoms with Crippen LogP contribution in [0.5, 0.6) is 0 Å². The van der Waals surface area contributed by atoms with Gasteiger partial charge in [-0.2, -0.15) is 0 Å². The number of amides is 2. The van der Waals surface area contributed by atoms with Crippen LogP contribution in [0.4, 0.5) is 4.79 Å². The number of carbonyl (C=O) groups is 2. The second kappa shape index (κ2) is 8.14. The molecule has 0 radical (unpaired) electrons. The predicted molar refractivity (Wildman–Crippen MR) is 75.1 cm³/mol. The van der Waals surface area contributed by atoms with Gasteiger partial charge in [0.15, 0.2) is 0 Å². The summed E-state index contributed by atoms with van der Waals surface area (Å²) in [5.74, 6) is -1.18. The Morgan fingerprint density at radius 3 is 2.85 bits per heavy atom. The van der Waals surface area contributed by atoms with E-state index in [0.717, 1.165) is 5.56 Å². The average Bonchev–Trinajstić information content (AvgIpc) is 2.43. The largest absolute Gasteiger partial charge is 0.481 e. The number of carboxylic acids is 1. The van der Waals surface area contributed by atoms with Crippen molar-refractivity contribution in [3.8, 4) is 0 Å². The molecule has 0 spiro atoms. The van der Waals surface area contributed by atoms with E-state index in [1.54, 1.807) is 31.3 Å². The van der Waals surface area contributed by atoms with Crippen LogP contribution < -0.4 is 5.32 Å². The lowest BCUT2D eigenvalue weighted by atomic mass is 10.1. The van der Waals surface area contributed by atoms with Crippen LogP contribution in [-0.4, -0.2) is 40.6 Å². The molecule has 1 rings (SSSR count). The van der Waals surface area contributed by atoms with Crippen molar-refractivity contribution in [3.63, 3.8) is 0 Å². The van der Waals surface area contributed by atoms with Gasteiger partial charge in [-0.3, -0.25) is 9.78 Å². The Hall–Kier alpha value is -2.11. The SMILES string of the molecule is CC(CCCNC(=O)N(C)Cc1cccnc1)C(=O)O. The van der Waals surface area contributed by atoms with Crippen LogP contribution in [0.1, 0.15) is 25.3 Å². The number of nitrogens with one attached hydrogen (secondary N) is 1. The maximum absolute atomic E-state index is 11.8. The number of nitrogens with zero attached hydrogens (tertiary/aromatic N) is 2. The standard InChI is InChI=1S/C14H21N3O3/c1-11(13(18)19)5-3-8-16-14(20)17(2)10-12-6-4-7-15-9-12/h4,6-7,9,11H,3,5,8,10H2,1-2H3,(H,16,20)(H,18,19). The number of rotatable bonds is 7. The zero-order chi connectivity index (χ0) is 15.0. The Bertz CT molecular complexity index is 437. The van der Waals surface area contributed by atoms with Gasteiger partial charge in [0, 0.05) is 32.5 Å². The minimum atomic E-state index is -0.801. The van der Waals surface area contributed by atoms with E-state index >= 15 is 0 Å². The number of carboxylic acid groups (broad SMARTS) is 1. The number of urea groups is 1. The summed E-state index contributed by atoms with van der Waals surface area (Å²) in [4.78, 5) is 28.0. The molecule has 20 heavy (non-hydrogen) atoms. The Labute approximate surface area is 118 Å². The highest BCUT2D eigenvalue weighted by Gasteiger charge is 2.11. The summed E-state index contributed by atoms with van der Waals surface area (Å²) in [7, 11) is 1.71. The van der Waals surface area contributed by atoms with Gasteiger partial charge in [0.05, 0.1) is 5.92 Å². The molecule has 1 unspecified atom stereocenters. The molecule has 0 bridgehead atoms. The molecular weight excluding hydrogens is 258 g/mol. The Morgan fingerprint density at radius 2 is 2.25 bits per heavy atom. The van der Waals surface area contributed by atoms with Crippen LogP contribution in [-0.2, 0) is 11.3 Å². The number of hydrogen-bond acceptors (Lipinski definition) is 3. The van der Waals surface area contributed by atoms with Gasteiger partial charge in [0.1, 0.15) is 0 Å². The van der Waals surface area contributed by atoms with E-state index in [4.69, 9.17) is 5.11 Å². The quantitative estimate of drug-likeness (QED) is 0.745. The van der Waals surface area contributed by atoms with E-state index < -0.39 is 5.97 Å². The van der Waals surface area contributed by atoms with Gasteiger partial charge in [-0.25, -0.2) is 4.79 Å². The first-order valence-electron chi connectivity index (χ1n) is 6.61. The first-order valence-corrected chi connectivity index (χ1v) is 6.61. The smallest absolute Gasteiger partial charge is 0.317 e. The minimum absolute atomic E-state index is 0.170. The topological polar surface area (TPSA) is 82.5 Å². The zero-order valence-electron chi connectivity index (χ0n) is 11.9. The van der Waals surface area contributed by atoms with Gasteiger partial charge in [-0.05, 0) is 24.5 Å².